The summed E-state index contributed by atoms with van der Waals surface area (Å²) < 4.78 is 0. The van der Waals surface area contributed by atoms with E-state index in [1.165, 1.54) is 17.8 Å². The van der Waals surface area contributed by atoms with E-state index in [1.54, 1.807) is 0 Å². The normalized spacial score (nSPS) is 18.4. The van der Waals surface area contributed by atoms with E-state index in [0.717, 1.165) is 0 Å². The predicted octanol–water partition coefficient (Wildman–Crippen LogP) is 2.87. The number of hydrogen-bond donors (Lipinski definition) is 3. The monoisotopic (exact) mass is 339 g/mol. The van der Waals surface area contributed by atoms with Crippen LogP contribution in [0.2, 0.25) is 76.8 Å². The molecule has 3 nitrogen and oxygen atoms in total. The molecule has 0 atom stereocenters. The average molecular weight is 339 g/mol. The van der Waals surface area contributed by atoms with Crippen LogP contribution in [-0.4, -0.2) is 45.2 Å². The molecule has 0 aromatic heterocycles. The van der Waals surface area contributed by atoms with Crippen LogP contribution in [0.1, 0.15) is 0 Å². The van der Waals surface area contributed by atoms with Gasteiger partial charge in [0.05, 0.1) is 0 Å². The quantitative estimate of drug-likeness (QED) is 0.652. The van der Waals surface area contributed by atoms with Crippen LogP contribution in [0.15, 0.2) is 0 Å². The first-order chi connectivity index (χ1) is 9.23. The van der Waals surface area contributed by atoms with Crippen molar-refractivity contribution in [1.82, 2.24) is 15.4 Å². The van der Waals surface area contributed by atoms with Crippen molar-refractivity contribution >= 4 is 45.2 Å². The van der Waals surface area contributed by atoms with Gasteiger partial charge in [-0.25, -0.2) is 0 Å². The van der Waals surface area contributed by atoms with Crippen LogP contribution in [-0.2, 0) is 0 Å². The van der Waals surface area contributed by atoms with E-state index in [0.29, 0.717) is 20.9 Å². The summed E-state index contributed by atoms with van der Waals surface area (Å²) in [6, 6.07) is 0. The molecule has 1 aliphatic rings. The van der Waals surface area contributed by atoms with Gasteiger partial charge in [0.1, 0.15) is 0 Å². The van der Waals surface area contributed by atoms with Gasteiger partial charge in [-0.05, 0) is 17.8 Å². The Morgan fingerprint density at radius 1 is 0.476 bits per heavy atom. The highest BCUT2D eigenvalue weighted by atomic mass is 28.3. The lowest BCUT2D eigenvalue weighted by molar-refractivity contribution is 1.12. The van der Waals surface area contributed by atoms with Crippen molar-refractivity contribution in [3.05, 3.63) is 0 Å². The predicted molar refractivity (Wildman–Crippen MR) is 111 cm³/mol. The summed E-state index contributed by atoms with van der Waals surface area (Å²) in [6.45, 7) is 23.7. The molecule has 0 aliphatic carbocycles. The molecule has 0 radical (unpaired) electrons. The van der Waals surface area contributed by atoms with Crippen LogP contribution >= 0.6 is 0 Å². The molecule has 0 aromatic carbocycles. The third-order valence-corrected chi connectivity index (χ3v) is 8.56. The van der Waals surface area contributed by atoms with E-state index in [-0.39, 0.29) is 0 Å². The summed E-state index contributed by atoms with van der Waals surface area (Å²) in [5.41, 5.74) is 0. The first kappa shape index (κ1) is 19.8. The molecular formula is C12H36B3N3Si3. The highest BCUT2D eigenvalue weighted by Gasteiger charge is 2.40. The molecule has 1 saturated heterocycles. The smallest absolute Gasteiger partial charge is 0.281 e. The minimum absolute atomic E-state index is 0.501. The SMILES string of the molecule is C[Si](C)(C)CB1NB(C[Si](C)(C)C)NB(C[Si](C)(C)C)N1. The summed E-state index contributed by atoms with van der Waals surface area (Å²) >= 11 is 0. The summed E-state index contributed by atoms with van der Waals surface area (Å²) in [4.78, 5) is 0. The fourth-order valence-electron chi connectivity index (χ4n) is 3.06. The van der Waals surface area contributed by atoms with E-state index in [4.69, 9.17) is 0 Å². The van der Waals surface area contributed by atoms with Crippen LogP contribution < -0.4 is 15.4 Å². The highest BCUT2D eigenvalue weighted by molar-refractivity contribution is 7.00. The van der Waals surface area contributed by atoms with Crippen molar-refractivity contribution in [2.24, 2.45) is 0 Å². The first-order valence-corrected chi connectivity index (χ1v) is 19.6. The summed E-state index contributed by atoms with van der Waals surface area (Å²) in [5, 5.41) is 11.5. The molecule has 0 saturated carbocycles. The molecule has 0 aromatic rings. The number of hydrogen-bond acceptors (Lipinski definition) is 3. The van der Waals surface area contributed by atoms with E-state index in [1.807, 2.05) is 0 Å². The second kappa shape index (κ2) is 7.09. The Labute approximate surface area is 137 Å². The molecule has 120 valence electrons. The third kappa shape index (κ3) is 9.45. The second-order valence-corrected chi connectivity index (χ2v) is 27.0. The van der Waals surface area contributed by atoms with E-state index in [9.17, 15) is 0 Å². The molecule has 1 rings (SSSR count). The second-order valence-electron chi connectivity index (χ2n) is 10.5. The van der Waals surface area contributed by atoms with Crippen LogP contribution in [0, 0.1) is 0 Å². The summed E-state index contributed by atoms with van der Waals surface area (Å²) in [6.07, 6.45) is 0. The van der Waals surface area contributed by atoms with E-state index < -0.39 is 24.2 Å². The number of nitrogens with one attached hydrogen (secondary N) is 3. The van der Waals surface area contributed by atoms with Crippen molar-refractivity contribution < 1.29 is 0 Å². The maximum atomic E-state index is 3.84. The Hall–Kier alpha value is 0.725. The molecule has 0 amide bonds. The molecule has 1 heterocycles. The lowest BCUT2D eigenvalue weighted by atomic mass is 9.51. The first-order valence-electron chi connectivity index (χ1n) is 8.52. The summed E-state index contributed by atoms with van der Waals surface area (Å²) in [5.74, 6) is 3.96. The molecule has 9 heteroatoms. The topological polar surface area (TPSA) is 36.1 Å². The fraction of sp³-hybridized carbons (Fsp3) is 1.00. The Bertz CT molecular complexity index is 281. The zero-order chi connectivity index (χ0) is 16.5. The maximum absolute atomic E-state index is 3.84. The highest BCUT2D eigenvalue weighted by Crippen LogP contribution is 2.16. The van der Waals surface area contributed by atoms with Crippen LogP contribution in [0.5, 0.6) is 0 Å². The fourth-order valence-corrected chi connectivity index (χ4v) is 7.44. The average Bonchev–Trinajstić information content (AvgIpc) is 2.06. The van der Waals surface area contributed by atoms with Crippen molar-refractivity contribution in [3.63, 3.8) is 0 Å². The van der Waals surface area contributed by atoms with E-state index >= 15 is 0 Å². The van der Waals surface area contributed by atoms with Crippen molar-refractivity contribution in [3.8, 4) is 0 Å². The molecule has 0 unspecified atom stereocenters. The Morgan fingerprint density at radius 2 is 0.667 bits per heavy atom. The van der Waals surface area contributed by atoms with Gasteiger partial charge in [-0.1, -0.05) is 58.9 Å². The molecule has 3 N–H and O–H groups in total. The molecule has 0 bridgehead atoms. The van der Waals surface area contributed by atoms with Gasteiger partial charge in [0.25, 0.3) is 20.9 Å². The zero-order valence-electron chi connectivity index (χ0n) is 15.9. The standard InChI is InChI=1S/C12H36B3N3Si3/c1-19(2,3)10-13-16-14(11-20(4,5)6)18-15(17-13)12-21(7,8)9/h16-18H,10-12H2,1-9H3. The van der Waals surface area contributed by atoms with Gasteiger partial charge in [0.15, 0.2) is 0 Å². The van der Waals surface area contributed by atoms with Crippen LogP contribution in [0.25, 0.3) is 0 Å². The van der Waals surface area contributed by atoms with Gasteiger partial charge < -0.3 is 15.4 Å². The molecule has 21 heavy (non-hydrogen) atoms. The van der Waals surface area contributed by atoms with Crippen LogP contribution in [0.4, 0.5) is 0 Å². The van der Waals surface area contributed by atoms with Crippen molar-refractivity contribution in [2.75, 3.05) is 0 Å². The van der Waals surface area contributed by atoms with Gasteiger partial charge in [-0.3, -0.25) is 0 Å². The minimum atomic E-state index is -1.05. The van der Waals surface area contributed by atoms with Gasteiger partial charge in [-0.2, -0.15) is 0 Å². The Balaban J connectivity index is 2.73. The zero-order valence-corrected chi connectivity index (χ0v) is 18.9. The van der Waals surface area contributed by atoms with Crippen molar-refractivity contribution in [1.29, 1.82) is 0 Å². The number of rotatable bonds is 6. The third-order valence-electron chi connectivity index (χ3n) is 3.66. The minimum Gasteiger partial charge on any atom is -0.372 e. The molecular weight excluding hydrogens is 303 g/mol. The largest absolute Gasteiger partial charge is 0.372 e. The lowest BCUT2D eigenvalue weighted by Crippen LogP contribution is -2.77. The lowest BCUT2D eigenvalue weighted by Gasteiger charge is -2.39. The van der Waals surface area contributed by atoms with E-state index in [2.05, 4.69) is 74.3 Å². The van der Waals surface area contributed by atoms with Gasteiger partial charge in [0, 0.05) is 24.2 Å². The maximum Gasteiger partial charge on any atom is 0.281 e. The Morgan fingerprint density at radius 3 is 0.810 bits per heavy atom. The molecule has 1 aliphatic heterocycles. The van der Waals surface area contributed by atoms with Gasteiger partial charge >= 0.3 is 0 Å². The Kier molecular flexibility index (Phi) is 6.68. The molecule has 0 spiro atoms. The summed E-state index contributed by atoms with van der Waals surface area (Å²) in [7, 11) is -3.15. The van der Waals surface area contributed by atoms with Gasteiger partial charge in [0.2, 0.25) is 0 Å². The van der Waals surface area contributed by atoms with Gasteiger partial charge in [-0.15, -0.1) is 0 Å². The van der Waals surface area contributed by atoms with Crippen molar-refractivity contribution in [2.45, 2.75) is 76.8 Å². The molecule has 1 fully saturated rings. The van der Waals surface area contributed by atoms with Crippen LogP contribution in [0.3, 0.4) is 0 Å².